The predicted molar refractivity (Wildman–Crippen MR) is 37.4 cm³/mol. The molecule has 0 N–H and O–H groups in total. The van der Waals surface area contributed by atoms with Crippen molar-refractivity contribution in [2.24, 2.45) is 0 Å². The Bertz CT molecular complexity index is 377. The summed E-state index contributed by atoms with van der Waals surface area (Å²) in [5, 5.41) is 3.46. The van der Waals surface area contributed by atoms with Crippen LogP contribution in [0.15, 0.2) is 27.6 Å². The van der Waals surface area contributed by atoms with E-state index in [9.17, 15) is 4.79 Å². The van der Waals surface area contributed by atoms with Crippen molar-refractivity contribution >= 4 is 6.29 Å². The molecule has 0 saturated heterocycles. The molecule has 0 spiro atoms. The van der Waals surface area contributed by atoms with Gasteiger partial charge >= 0.3 is 0 Å². The first kappa shape index (κ1) is 6.78. The Hall–Kier alpha value is -1.91. The lowest BCUT2D eigenvalue weighted by molar-refractivity contribution is 0.111. The molecule has 60 valence electrons. The van der Waals surface area contributed by atoms with E-state index in [1.165, 1.54) is 18.7 Å². The Morgan fingerprint density at radius 1 is 1.42 bits per heavy atom. The highest BCUT2D eigenvalue weighted by Crippen LogP contribution is 2.18. The van der Waals surface area contributed by atoms with Crippen LogP contribution in [0.3, 0.4) is 0 Å². The number of hydrogen-bond donors (Lipinski definition) is 0. The summed E-state index contributed by atoms with van der Waals surface area (Å²) in [6, 6.07) is 1.48. The van der Waals surface area contributed by atoms with E-state index in [-0.39, 0.29) is 5.69 Å². The van der Waals surface area contributed by atoms with Gasteiger partial charge in [0.1, 0.15) is 5.69 Å². The number of rotatable bonds is 2. The van der Waals surface area contributed by atoms with Gasteiger partial charge in [0, 0.05) is 6.07 Å². The molecule has 0 amide bonds. The Kier molecular flexibility index (Phi) is 1.48. The van der Waals surface area contributed by atoms with Crippen molar-refractivity contribution in [3.8, 4) is 11.5 Å². The minimum Gasteiger partial charge on any atom is -0.440 e. The first-order chi connectivity index (χ1) is 5.90. The number of carbonyl (C=O) groups is 1. The van der Waals surface area contributed by atoms with Gasteiger partial charge in [0.05, 0.1) is 6.20 Å². The molecule has 0 bridgehead atoms. The Morgan fingerprint density at radius 2 is 2.33 bits per heavy atom. The highest BCUT2D eigenvalue weighted by molar-refractivity contribution is 5.73. The van der Waals surface area contributed by atoms with Crippen molar-refractivity contribution in [1.29, 1.82) is 0 Å². The van der Waals surface area contributed by atoms with E-state index < -0.39 is 0 Å². The SMILES string of the molecule is O=Cc1cc(-c2cnco2)on1. The van der Waals surface area contributed by atoms with E-state index >= 15 is 0 Å². The van der Waals surface area contributed by atoms with Gasteiger partial charge in [-0.15, -0.1) is 0 Å². The molecule has 5 heteroatoms. The van der Waals surface area contributed by atoms with Crippen molar-refractivity contribution in [3.63, 3.8) is 0 Å². The molecule has 0 aliphatic heterocycles. The van der Waals surface area contributed by atoms with Crippen LogP contribution in [0.5, 0.6) is 0 Å². The van der Waals surface area contributed by atoms with Crippen LogP contribution in [-0.2, 0) is 0 Å². The van der Waals surface area contributed by atoms with E-state index in [2.05, 4.69) is 10.1 Å². The summed E-state index contributed by atoms with van der Waals surface area (Å²) in [5.41, 5.74) is 0.237. The van der Waals surface area contributed by atoms with Crippen molar-refractivity contribution in [2.75, 3.05) is 0 Å². The highest BCUT2D eigenvalue weighted by atomic mass is 16.5. The fourth-order valence-corrected chi connectivity index (χ4v) is 0.798. The molecule has 0 aromatic carbocycles. The highest BCUT2D eigenvalue weighted by Gasteiger charge is 2.08. The number of hydrogen-bond acceptors (Lipinski definition) is 5. The van der Waals surface area contributed by atoms with Gasteiger partial charge in [0.25, 0.3) is 0 Å². The molecular weight excluding hydrogens is 160 g/mol. The van der Waals surface area contributed by atoms with Crippen molar-refractivity contribution in [2.45, 2.75) is 0 Å². The van der Waals surface area contributed by atoms with Crippen LogP contribution in [0.1, 0.15) is 10.5 Å². The third-order valence-electron chi connectivity index (χ3n) is 1.32. The third-order valence-corrected chi connectivity index (χ3v) is 1.32. The van der Waals surface area contributed by atoms with Crippen LogP contribution in [0, 0.1) is 0 Å². The van der Waals surface area contributed by atoms with E-state index in [1.807, 2.05) is 0 Å². The monoisotopic (exact) mass is 164 g/mol. The van der Waals surface area contributed by atoms with Crippen LogP contribution in [-0.4, -0.2) is 16.4 Å². The number of oxazole rings is 1. The summed E-state index contributed by atoms with van der Waals surface area (Å²) in [6.45, 7) is 0. The molecule has 0 radical (unpaired) electrons. The van der Waals surface area contributed by atoms with E-state index in [4.69, 9.17) is 8.94 Å². The lowest BCUT2D eigenvalue weighted by Gasteiger charge is -1.81. The zero-order valence-electron chi connectivity index (χ0n) is 5.93. The molecular formula is C7H4N2O3. The van der Waals surface area contributed by atoms with Gasteiger partial charge in [0.15, 0.2) is 18.4 Å². The number of carbonyl (C=O) groups excluding carboxylic acids is 1. The van der Waals surface area contributed by atoms with E-state index in [1.54, 1.807) is 0 Å². The molecule has 2 heterocycles. The Morgan fingerprint density at radius 3 is 2.92 bits per heavy atom. The van der Waals surface area contributed by atoms with Crippen molar-refractivity contribution in [1.82, 2.24) is 10.1 Å². The van der Waals surface area contributed by atoms with Crippen LogP contribution < -0.4 is 0 Å². The smallest absolute Gasteiger partial charge is 0.204 e. The number of nitrogens with zero attached hydrogens (tertiary/aromatic N) is 2. The van der Waals surface area contributed by atoms with Crippen LogP contribution in [0.25, 0.3) is 11.5 Å². The molecule has 0 unspecified atom stereocenters. The minimum atomic E-state index is 0.237. The third kappa shape index (κ3) is 1.01. The number of aromatic nitrogens is 2. The van der Waals surface area contributed by atoms with Gasteiger partial charge in [-0.25, -0.2) is 4.98 Å². The lowest BCUT2D eigenvalue weighted by atomic mass is 10.3. The maximum absolute atomic E-state index is 10.2. The van der Waals surface area contributed by atoms with Crippen molar-refractivity contribution < 1.29 is 13.7 Å². The van der Waals surface area contributed by atoms with Gasteiger partial charge in [-0.1, -0.05) is 5.16 Å². The molecule has 0 atom stereocenters. The lowest BCUT2D eigenvalue weighted by Crippen LogP contribution is -1.72. The Balaban J connectivity index is 2.41. The summed E-state index contributed by atoms with van der Waals surface area (Å²) >= 11 is 0. The summed E-state index contributed by atoms with van der Waals surface area (Å²) in [7, 11) is 0. The maximum Gasteiger partial charge on any atom is 0.204 e. The fraction of sp³-hybridized carbons (Fsp3) is 0. The van der Waals surface area contributed by atoms with Gasteiger partial charge in [-0.05, 0) is 0 Å². The zero-order valence-corrected chi connectivity index (χ0v) is 5.93. The predicted octanol–water partition coefficient (Wildman–Crippen LogP) is 1.14. The second-order valence-electron chi connectivity index (χ2n) is 2.10. The first-order valence-corrected chi connectivity index (χ1v) is 3.21. The molecule has 0 aliphatic rings. The largest absolute Gasteiger partial charge is 0.440 e. The molecule has 0 saturated carbocycles. The minimum absolute atomic E-state index is 0.237. The van der Waals surface area contributed by atoms with E-state index in [0.29, 0.717) is 17.8 Å². The molecule has 0 aliphatic carbocycles. The summed E-state index contributed by atoms with van der Waals surface area (Å²) in [6.07, 6.45) is 3.36. The molecule has 2 aromatic heterocycles. The summed E-state index contributed by atoms with van der Waals surface area (Å²) in [4.78, 5) is 13.9. The topological polar surface area (TPSA) is 69.1 Å². The summed E-state index contributed by atoms with van der Waals surface area (Å²) in [5.74, 6) is 0.852. The average Bonchev–Trinajstić information content (AvgIpc) is 2.75. The van der Waals surface area contributed by atoms with Crippen LogP contribution >= 0.6 is 0 Å². The second kappa shape index (κ2) is 2.61. The number of aldehydes is 1. The second-order valence-corrected chi connectivity index (χ2v) is 2.10. The van der Waals surface area contributed by atoms with Crippen LogP contribution in [0.2, 0.25) is 0 Å². The van der Waals surface area contributed by atoms with Gasteiger partial charge in [-0.2, -0.15) is 0 Å². The van der Waals surface area contributed by atoms with Gasteiger partial charge in [0.2, 0.25) is 5.76 Å². The zero-order chi connectivity index (χ0) is 8.39. The quantitative estimate of drug-likeness (QED) is 0.622. The van der Waals surface area contributed by atoms with Gasteiger partial charge < -0.3 is 8.94 Å². The molecule has 5 nitrogen and oxygen atoms in total. The summed E-state index contributed by atoms with van der Waals surface area (Å²) < 4.78 is 9.70. The fourth-order valence-electron chi connectivity index (χ4n) is 0.798. The standard InChI is InChI=1S/C7H4N2O3/c10-3-5-1-6(12-9-5)7-2-8-4-11-7/h1-4H. The average molecular weight is 164 g/mol. The van der Waals surface area contributed by atoms with Crippen LogP contribution in [0.4, 0.5) is 0 Å². The molecule has 12 heavy (non-hydrogen) atoms. The molecule has 2 rings (SSSR count). The molecule has 2 aromatic rings. The normalized spacial score (nSPS) is 10.0. The van der Waals surface area contributed by atoms with E-state index in [0.717, 1.165) is 0 Å². The molecule has 0 fully saturated rings. The first-order valence-electron chi connectivity index (χ1n) is 3.21. The van der Waals surface area contributed by atoms with Gasteiger partial charge in [-0.3, -0.25) is 4.79 Å². The van der Waals surface area contributed by atoms with Crippen molar-refractivity contribution in [3.05, 3.63) is 24.4 Å². The maximum atomic E-state index is 10.2. The Labute approximate surface area is 67.0 Å².